The van der Waals surface area contributed by atoms with Crippen molar-refractivity contribution in [3.05, 3.63) is 114 Å². The monoisotopic (exact) mass is 493 g/mol. The SMILES string of the molecule is Cc1cc(/C=C2/C(=O)NC(=S)N(c3ccc(Oc4ccccc4)cc3)C2=O)c(C)n1-c1ccccc1. The molecule has 5 rings (SSSR count). The van der Waals surface area contributed by atoms with Gasteiger partial charge < -0.3 is 9.30 Å². The third-order valence-electron chi connectivity index (χ3n) is 5.96. The van der Waals surface area contributed by atoms with Crippen LogP contribution in [0.3, 0.4) is 0 Å². The largest absolute Gasteiger partial charge is 0.457 e. The van der Waals surface area contributed by atoms with Crippen molar-refractivity contribution in [3.8, 4) is 17.2 Å². The molecule has 0 saturated carbocycles. The Kier molecular flexibility index (Phi) is 6.23. The summed E-state index contributed by atoms with van der Waals surface area (Å²) in [4.78, 5) is 27.6. The van der Waals surface area contributed by atoms with Gasteiger partial charge in [-0.25, -0.2) is 0 Å². The highest BCUT2D eigenvalue weighted by atomic mass is 32.1. The van der Waals surface area contributed by atoms with Crippen molar-refractivity contribution >= 4 is 40.9 Å². The second-order valence-electron chi connectivity index (χ2n) is 8.36. The summed E-state index contributed by atoms with van der Waals surface area (Å²) in [6.45, 7) is 3.96. The average Bonchev–Trinajstić information content (AvgIpc) is 3.16. The van der Waals surface area contributed by atoms with Crippen LogP contribution in [-0.2, 0) is 9.59 Å². The molecule has 0 atom stereocenters. The minimum atomic E-state index is -0.519. The van der Waals surface area contributed by atoms with Gasteiger partial charge in [0, 0.05) is 17.1 Å². The number of thiocarbonyl (C=S) groups is 1. The van der Waals surface area contributed by atoms with E-state index >= 15 is 0 Å². The van der Waals surface area contributed by atoms with Gasteiger partial charge in [-0.05, 0) is 92.3 Å². The lowest BCUT2D eigenvalue weighted by atomic mass is 10.1. The van der Waals surface area contributed by atoms with Gasteiger partial charge in [-0.3, -0.25) is 19.8 Å². The first kappa shape index (κ1) is 23.3. The highest BCUT2D eigenvalue weighted by Crippen LogP contribution is 2.28. The number of nitrogens with one attached hydrogen (secondary N) is 1. The maximum Gasteiger partial charge on any atom is 0.270 e. The standard InChI is InChI=1S/C29H23N3O3S/c1-19-17-21(20(2)31(19)22-9-5-3-6-10-22)18-26-27(33)30-29(36)32(28(26)34)23-13-15-25(16-14-23)35-24-11-7-4-8-12-24/h3-18H,1-2H3,(H,30,33,36)/b26-18-. The summed E-state index contributed by atoms with van der Waals surface area (Å²) in [7, 11) is 0. The molecule has 7 heteroatoms. The Morgan fingerprint density at radius 2 is 1.42 bits per heavy atom. The van der Waals surface area contributed by atoms with Crippen LogP contribution in [0, 0.1) is 13.8 Å². The number of aromatic nitrogens is 1. The number of rotatable bonds is 5. The van der Waals surface area contributed by atoms with E-state index in [-0.39, 0.29) is 10.7 Å². The van der Waals surface area contributed by atoms with Crippen LogP contribution in [0.15, 0.2) is 96.6 Å². The molecule has 1 saturated heterocycles. The zero-order valence-corrected chi connectivity index (χ0v) is 20.6. The summed E-state index contributed by atoms with van der Waals surface area (Å²) in [6, 6.07) is 28.3. The second-order valence-corrected chi connectivity index (χ2v) is 8.75. The maximum absolute atomic E-state index is 13.5. The molecule has 2 heterocycles. The number of anilines is 1. The molecule has 2 amide bonds. The Morgan fingerprint density at radius 1 is 0.806 bits per heavy atom. The lowest BCUT2D eigenvalue weighted by Gasteiger charge is -2.29. The third kappa shape index (κ3) is 4.44. The van der Waals surface area contributed by atoms with Crippen LogP contribution in [-0.4, -0.2) is 21.5 Å². The molecule has 4 aromatic rings. The van der Waals surface area contributed by atoms with E-state index in [0.717, 1.165) is 22.6 Å². The molecular formula is C29H23N3O3S. The van der Waals surface area contributed by atoms with Crippen molar-refractivity contribution in [2.75, 3.05) is 4.90 Å². The van der Waals surface area contributed by atoms with Crippen LogP contribution in [0.2, 0.25) is 0 Å². The van der Waals surface area contributed by atoms with E-state index in [1.165, 1.54) is 4.90 Å². The van der Waals surface area contributed by atoms with Crippen LogP contribution in [0.4, 0.5) is 5.69 Å². The number of nitrogens with zero attached hydrogens (tertiary/aromatic N) is 2. The minimum absolute atomic E-state index is 0.0153. The Morgan fingerprint density at radius 3 is 2.08 bits per heavy atom. The highest BCUT2D eigenvalue weighted by Gasteiger charge is 2.34. The first-order chi connectivity index (χ1) is 17.4. The van der Waals surface area contributed by atoms with Gasteiger partial charge in [0.1, 0.15) is 17.1 Å². The minimum Gasteiger partial charge on any atom is -0.457 e. The number of ether oxygens (including phenoxy) is 1. The normalized spacial score (nSPS) is 14.8. The van der Waals surface area contributed by atoms with Crippen LogP contribution >= 0.6 is 12.2 Å². The molecule has 0 radical (unpaired) electrons. The fourth-order valence-electron chi connectivity index (χ4n) is 4.24. The molecule has 0 spiro atoms. The molecule has 1 N–H and O–H groups in total. The van der Waals surface area contributed by atoms with Crippen LogP contribution in [0.1, 0.15) is 17.0 Å². The fraction of sp³-hybridized carbons (Fsp3) is 0.0690. The summed E-state index contributed by atoms with van der Waals surface area (Å²) in [5, 5.41) is 2.68. The predicted molar refractivity (Wildman–Crippen MR) is 144 cm³/mol. The van der Waals surface area contributed by atoms with Crippen LogP contribution in [0.5, 0.6) is 11.5 Å². The summed E-state index contributed by atoms with van der Waals surface area (Å²) >= 11 is 5.34. The molecule has 0 aliphatic carbocycles. The van der Waals surface area contributed by atoms with Gasteiger partial charge in [-0.2, -0.15) is 0 Å². The molecule has 36 heavy (non-hydrogen) atoms. The van der Waals surface area contributed by atoms with Crippen molar-refractivity contribution < 1.29 is 14.3 Å². The van der Waals surface area contributed by atoms with E-state index in [0.29, 0.717) is 17.2 Å². The summed E-state index contributed by atoms with van der Waals surface area (Å²) < 4.78 is 7.92. The molecule has 178 valence electrons. The molecule has 3 aromatic carbocycles. The second kappa shape index (κ2) is 9.64. The Bertz CT molecular complexity index is 1490. The average molecular weight is 494 g/mol. The van der Waals surface area contributed by atoms with Crippen molar-refractivity contribution in [1.82, 2.24) is 9.88 Å². The third-order valence-corrected chi connectivity index (χ3v) is 6.24. The number of hydrogen-bond acceptors (Lipinski definition) is 4. The molecule has 1 aromatic heterocycles. The van der Waals surface area contributed by atoms with Gasteiger partial charge in [0.25, 0.3) is 11.8 Å². The number of carbonyl (C=O) groups excluding carboxylic acids is 2. The van der Waals surface area contributed by atoms with Gasteiger partial charge in [0.05, 0.1) is 5.69 Å². The topological polar surface area (TPSA) is 63.6 Å². The number of hydrogen-bond donors (Lipinski definition) is 1. The summed E-state index contributed by atoms with van der Waals surface area (Å²) in [5.41, 5.74) is 4.27. The smallest absolute Gasteiger partial charge is 0.270 e. The van der Waals surface area contributed by atoms with Crippen molar-refractivity contribution in [2.45, 2.75) is 13.8 Å². The van der Waals surface area contributed by atoms with E-state index in [2.05, 4.69) is 9.88 Å². The van der Waals surface area contributed by atoms with Gasteiger partial charge in [-0.15, -0.1) is 0 Å². The molecule has 6 nitrogen and oxygen atoms in total. The van der Waals surface area contributed by atoms with Crippen molar-refractivity contribution in [1.29, 1.82) is 0 Å². The molecule has 0 unspecified atom stereocenters. The van der Waals surface area contributed by atoms with E-state index in [4.69, 9.17) is 17.0 Å². The lowest BCUT2D eigenvalue weighted by molar-refractivity contribution is -0.122. The molecule has 1 aliphatic heterocycles. The zero-order valence-electron chi connectivity index (χ0n) is 19.8. The number of para-hydroxylation sites is 2. The van der Waals surface area contributed by atoms with E-state index in [1.807, 2.05) is 80.6 Å². The Labute approximate surface area is 214 Å². The van der Waals surface area contributed by atoms with Crippen molar-refractivity contribution in [2.24, 2.45) is 0 Å². The van der Waals surface area contributed by atoms with E-state index < -0.39 is 11.8 Å². The molecular weight excluding hydrogens is 470 g/mol. The van der Waals surface area contributed by atoms with Gasteiger partial charge in [0.2, 0.25) is 0 Å². The molecule has 0 bridgehead atoms. The van der Waals surface area contributed by atoms with Gasteiger partial charge in [-0.1, -0.05) is 36.4 Å². The quantitative estimate of drug-likeness (QED) is 0.220. The Hall–Kier alpha value is -4.49. The molecule has 1 fully saturated rings. The van der Waals surface area contributed by atoms with Crippen LogP contribution in [0.25, 0.3) is 11.8 Å². The number of benzene rings is 3. The molecule has 1 aliphatic rings. The number of amides is 2. The lowest BCUT2D eigenvalue weighted by Crippen LogP contribution is -2.54. The number of carbonyl (C=O) groups is 2. The maximum atomic E-state index is 13.5. The van der Waals surface area contributed by atoms with E-state index in [1.54, 1.807) is 30.3 Å². The van der Waals surface area contributed by atoms with Gasteiger partial charge in [0.15, 0.2) is 5.11 Å². The highest BCUT2D eigenvalue weighted by molar-refractivity contribution is 7.80. The zero-order chi connectivity index (χ0) is 25.2. The first-order valence-corrected chi connectivity index (χ1v) is 11.8. The predicted octanol–water partition coefficient (Wildman–Crippen LogP) is 5.72. The summed E-state index contributed by atoms with van der Waals surface area (Å²) in [6.07, 6.45) is 1.63. The van der Waals surface area contributed by atoms with E-state index in [9.17, 15) is 9.59 Å². The van der Waals surface area contributed by atoms with Crippen molar-refractivity contribution in [3.63, 3.8) is 0 Å². The fourth-order valence-corrected chi connectivity index (χ4v) is 4.52. The first-order valence-electron chi connectivity index (χ1n) is 11.4. The van der Waals surface area contributed by atoms with Gasteiger partial charge >= 0.3 is 0 Å². The van der Waals surface area contributed by atoms with Crippen LogP contribution < -0.4 is 15.0 Å². The Balaban J connectivity index is 1.44. The summed E-state index contributed by atoms with van der Waals surface area (Å²) in [5.74, 6) is 0.327. The number of aryl methyl sites for hydroxylation is 1.